The highest BCUT2D eigenvalue weighted by molar-refractivity contribution is 5.76. The molecule has 59 heavy (non-hydrogen) atoms. The van der Waals surface area contributed by atoms with Crippen molar-refractivity contribution in [2.24, 2.45) is 46.3 Å². The predicted molar refractivity (Wildman–Crippen MR) is 212 cm³/mol. The first-order valence-corrected chi connectivity index (χ1v) is 21.6. The average molecular weight is 845 g/mol. The number of carboxylic acid groups (broad SMARTS) is 3. The lowest BCUT2D eigenvalue weighted by atomic mass is 9.43. The first-order valence-electron chi connectivity index (χ1n) is 21.6. The summed E-state index contributed by atoms with van der Waals surface area (Å²) in [6, 6.07) is -0.639. The Kier molecular flexibility index (Phi) is 18.3. The number of carboxylic acids is 3. The Morgan fingerprint density at radius 3 is 1.97 bits per heavy atom. The second kappa shape index (κ2) is 22.0. The van der Waals surface area contributed by atoms with E-state index in [-0.39, 0.29) is 93.8 Å². The molecule has 11 unspecified atom stereocenters. The first-order chi connectivity index (χ1) is 27.8. The molecule has 18 heteroatoms. The van der Waals surface area contributed by atoms with Gasteiger partial charge < -0.3 is 46.2 Å². The molecule has 4 aliphatic carbocycles. The largest absolute Gasteiger partial charge is 0.481 e. The van der Waals surface area contributed by atoms with Gasteiger partial charge in [0.05, 0.1) is 25.8 Å². The van der Waals surface area contributed by atoms with Gasteiger partial charge in [-0.15, -0.1) is 0 Å². The van der Waals surface area contributed by atoms with Crippen LogP contribution < -0.4 is 5.32 Å². The van der Waals surface area contributed by atoms with Crippen molar-refractivity contribution in [2.75, 3.05) is 59.0 Å². The molecule has 4 saturated carbocycles. The van der Waals surface area contributed by atoms with E-state index in [9.17, 15) is 65.3 Å². The molecule has 0 aliphatic heterocycles. The number of carbonyl (C=O) groups is 4. The summed E-state index contributed by atoms with van der Waals surface area (Å²) in [5, 5.41) is 90.9. The van der Waals surface area contributed by atoms with Gasteiger partial charge in [0.25, 0.3) is 0 Å². The monoisotopic (exact) mass is 845 g/mol. The summed E-state index contributed by atoms with van der Waals surface area (Å²) in [4.78, 5) is 56.7. The fourth-order valence-corrected chi connectivity index (χ4v) is 12.3. The summed E-state index contributed by atoms with van der Waals surface area (Å²) in [5.41, 5.74) is -0.188. The first kappa shape index (κ1) is 49.1. The van der Waals surface area contributed by atoms with Crippen LogP contribution in [0.4, 0.5) is 0 Å². The minimum Gasteiger partial charge on any atom is -0.481 e. The highest BCUT2D eigenvalue weighted by Crippen LogP contribution is 2.68. The van der Waals surface area contributed by atoms with Crippen molar-refractivity contribution >= 4 is 23.8 Å². The van der Waals surface area contributed by atoms with Crippen LogP contribution in [0.25, 0.3) is 0 Å². The van der Waals surface area contributed by atoms with Crippen LogP contribution in [-0.4, -0.2) is 174 Å². The zero-order valence-electron chi connectivity index (χ0n) is 35.1. The molecule has 4 fully saturated rings. The fraction of sp³-hybridized carbons (Fsp3) is 0.902. The number of aliphatic hydroxyl groups excluding tert-OH is 3. The summed E-state index contributed by atoms with van der Waals surface area (Å²) in [7, 11) is 0. The standard InChI is InChI=1S/C41H72N4O14/c1-25(4-11-35(48)49)30-8-9-31-29-7-5-26-18-27(12-13-40(26,2)32(29)19-33(46)41(30,31)3)42-34(47)10-6-28(24-59-58)45(16-14-43(20-36(50)51)21-37(52)53)17-15-44(22-38(54)55)23-39(56)57/h25-33,36-37,46,50-53,58H,4-24H2,1-3H3,(H,42,47)(H,48,49)(H,54,55)(H,56,57). The Morgan fingerprint density at radius 2 is 1.39 bits per heavy atom. The lowest BCUT2D eigenvalue weighted by molar-refractivity contribution is -0.252. The van der Waals surface area contributed by atoms with Gasteiger partial charge in [0.1, 0.15) is 0 Å². The van der Waals surface area contributed by atoms with Crippen LogP contribution in [0.5, 0.6) is 0 Å². The highest BCUT2D eigenvalue weighted by atomic mass is 17.1. The Bertz CT molecular complexity index is 1370. The molecule has 10 N–H and O–H groups in total. The normalized spacial score (nSPS) is 31.6. The molecule has 0 bridgehead atoms. The van der Waals surface area contributed by atoms with Crippen LogP contribution in [0, 0.1) is 46.3 Å². The molecule has 0 aromatic carbocycles. The van der Waals surface area contributed by atoms with Crippen LogP contribution in [0.15, 0.2) is 0 Å². The summed E-state index contributed by atoms with van der Waals surface area (Å²) in [5.74, 6) is -1.19. The van der Waals surface area contributed by atoms with Gasteiger partial charge in [0.2, 0.25) is 5.91 Å². The number of nitrogens with one attached hydrogen (secondary N) is 1. The smallest absolute Gasteiger partial charge is 0.317 e. The summed E-state index contributed by atoms with van der Waals surface area (Å²) in [6.45, 7) is 5.17. The van der Waals surface area contributed by atoms with E-state index in [0.29, 0.717) is 36.0 Å². The van der Waals surface area contributed by atoms with Crippen LogP contribution in [0.2, 0.25) is 0 Å². The molecular weight excluding hydrogens is 772 g/mol. The summed E-state index contributed by atoms with van der Waals surface area (Å²) in [6.07, 6.45) is 4.59. The third-order valence-corrected chi connectivity index (χ3v) is 15.2. The summed E-state index contributed by atoms with van der Waals surface area (Å²) < 4.78 is 0. The summed E-state index contributed by atoms with van der Waals surface area (Å²) >= 11 is 0. The minimum absolute atomic E-state index is 0.00837. The zero-order chi connectivity index (χ0) is 43.7. The Morgan fingerprint density at radius 1 is 0.763 bits per heavy atom. The quantitative estimate of drug-likeness (QED) is 0.0348. The third-order valence-electron chi connectivity index (χ3n) is 15.2. The van der Waals surface area contributed by atoms with Crippen molar-refractivity contribution in [3.05, 3.63) is 0 Å². The minimum atomic E-state index is -1.77. The molecule has 4 rings (SSSR count). The van der Waals surface area contributed by atoms with Gasteiger partial charge in [-0.1, -0.05) is 20.8 Å². The van der Waals surface area contributed by atoms with Crippen LogP contribution in [-0.2, 0) is 24.1 Å². The molecule has 11 atom stereocenters. The number of hydrogen-bond donors (Lipinski definition) is 10. The maximum atomic E-state index is 13.5. The molecular formula is C41H72N4O14. The second-order valence-electron chi connectivity index (χ2n) is 18.6. The fourth-order valence-electron chi connectivity index (χ4n) is 12.3. The van der Waals surface area contributed by atoms with Crippen LogP contribution in [0.1, 0.15) is 97.8 Å². The predicted octanol–water partition coefficient (Wildman–Crippen LogP) is 0.937. The number of aliphatic hydroxyl groups is 5. The number of rotatable bonds is 25. The molecule has 1 amide bonds. The SMILES string of the molecule is CC(CCC(=O)O)C1CCC2C3CCC4CC(NC(=O)CCC(COO)N(CCN(CC(=O)O)CC(=O)O)CCN(CC(O)O)CC(O)O)CCC4(C)C3CC(O)C12C. The maximum absolute atomic E-state index is 13.5. The van der Waals surface area contributed by atoms with E-state index in [2.05, 4.69) is 31.0 Å². The maximum Gasteiger partial charge on any atom is 0.317 e. The van der Waals surface area contributed by atoms with E-state index in [4.69, 9.17) is 0 Å². The zero-order valence-corrected chi connectivity index (χ0v) is 35.1. The molecule has 340 valence electrons. The number of fused-ring (bicyclic) bond motifs is 5. The van der Waals surface area contributed by atoms with E-state index in [1.807, 2.05) is 0 Å². The van der Waals surface area contributed by atoms with Crippen LogP contribution >= 0.6 is 0 Å². The van der Waals surface area contributed by atoms with E-state index in [1.165, 1.54) is 9.80 Å². The molecule has 0 spiro atoms. The molecule has 18 nitrogen and oxygen atoms in total. The molecule has 4 aliphatic rings. The van der Waals surface area contributed by atoms with Crippen molar-refractivity contribution in [1.29, 1.82) is 0 Å². The topological polar surface area (TPSA) is 281 Å². The lowest BCUT2D eigenvalue weighted by Crippen LogP contribution is -2.59. The molecule has 0 saturated heterocycles. The van der Waals surface area contributed by atoms with Crippen molar-refractivity contribution in [3.63, 3.8) is 0 Å². The highest BCUT2D eigenvalue weighted by Gasteiger charge is 2.63. The molecule has 0 aromatic rings. The molecule has 0 radical (unpaired) electrons. The van der Waals surface area contributed by atoms with Crippen molar-refractivity contribution in [3.8, 4) is 0 Å². The van der Waals surface area contributed by atoms with E-state index in [1.54, 1.807) is 4.90 Å². The Hall–Kier alpha value is -2.52. The van der Waals surface area contributed by atoms with Crippen molar-refractivity contribution in [2.45, 2.75) is 129 Å². The number of aliphatic carboxylic acids is 3. The van der Waals surface area contributed by atoms with E-state index in [0.717, 1.165) is 51.4 Å². The number of hydrogen-bond acceptors (Lipinski definition) is 14. The van der Waals surface area contributed by atoms with Gasteiger partial charge in [0, 0.05) is 64.2 Å². The number of carbonyl (C=O) groups excluding carboxylic acids is 1. The van der Waals surface area contributed by atoms with Gasteiger partial charge >= 0.3 is 17.9 Å². The van der Waals surface area contributed by atoms with E-state index >= 15 is 0 Å². The van der Waals surface area contributed by atoms with Crippen LogP contribution in [0.3, 0.4) is 0 Å². The van der Waals surface area contributed by atoms with Crippen molar-refractivity contribution in [1.82, 2.24) is 20.0 Å². The third kappa shape index (κ3) is 13.0. The van der Waals surface area contributed by atoms with Gasteiger partial charge in [-0.3, -0.25) is 39.1 Å². The Labute approximate surface area is 347 Å². The van der Waals surface area contributed by atoms with Gasteiger partial charge in [-0.05, 0) is 111 Å². The average Bonchev–Trinajstić information content (AvgIpc) is 3.50. The Balaban J connectivity index is 1.38. The van der Waals surface area contributed by atoms with Gasteiger partial charge in [-0.2, -0.15) is 0 Å². The van der Waals surface area contributed by atoms with E-state index < -0.39 is 55.7 Å². The van der Waals surface area contributed by atoms with Crippen molar-refractivity contribution < 1.29 is 70.2 Å². The number of nitrogens with zero attached hydrogens (tertiary/aromatic N) is 3. The second-order valence-corrected chi connectivity index (χ2v) is 18.6. The molecule has 0 heterocycles. The number of amides is 1. The molecule has 0 aromatic heterocycles. The van der Waals surface area contributed by atoms with Gasteiger partial charge in [-0.25, -0.2) is 4.89 Å². The van der Waals surface area contributed by atoms with Gasteiger partial charge in [0.15, 0.2) is 12.6 Å². The lowest BCUT2D eigenvalue weighted by Gasteiger charge is -2.62.